The van der Waals surface area contributed by atoms with Gasteiger partial charge in [-0.2, -0.15) is 5.10 Å². The molecule has 1 aliphatic heterocycles. The third-order valence-corrected chi connectivity index (χ3v) is 3.58. The van der Waals surface area contributed by atoms with Gasteiger partial charge in [0.15, 0.2) is 11.7 Å². The van der Waals surface area contributed by atoms with Gasteiger partial charge in [0.25, 0.3) is 0 Å². The van der Waals surface area contributed by atoms with Gasteiger partial charge in [-0.25, -0.2) is 4.98 Å². The van der Waals surface area contributed by atoms with E-state index in [0.717, 1.165) is 18.9 Å². The van der Waals surface area contributed by atoms with Crippen LogP contribution in [0.25, 0.3) is 11.6 Å². The summed E-state index contributed by atoms with van der Waals surface area (Å²) in [7, 11) is 0. The van der Waals surface area contributed by atoms with E-state index in [1.165, 1.54) is 19.3 Å². The number of hydrogen-bond acceptors (Lipinski definition) is 4. The largest absolute Gasteiger partial charge is 0.461 e. The number of H-pyrrole nitrogens is 1. The molecule has 0 saturated carbocycles. The SMILES string of the molecule is NC(=NCCc1nc(-c2ccco2)n[nH]1)N1CCCCC1. The predicted octanol–water partition coefficient (Wildman–Crippen LogP) is 1.41. The highest BCUT2D eigenvalue weighted by molar-refractivity contribution is 5.78. The summed E-state index contributed by atoms with van der Waals surface area (Å²) >= 11 is 0. The van der Waals surface area contributed by atoms with E-state index in [9.17, 15) is 0 Å². The van der Waals surface area contributed by atoms with Crippen LogP contribution in [0.1, 0.15) is 25.1 Å². The lowest BCUT2D eigenvalue weighted by Gasteiger charge is -2.27. The Bertz CT molecular complexity index is 582. The number of furan rings is 1. The number of rotatable bonds is 4. The first-order valence-corrected chi connectivity index (χ1v) is 7.33. The Balaban J connectivity index is 1.53. The molecule has 3 heterocycles. The van der Waals surface area contributed by atoms with Gasteiger partial charge in [-0.3, -0.25) is 10.1 Å². The predicted molar refractivity (Wildman–Crippen MR) is 79.7 cm³/mol. The molecule has 0 atom stereocenters. The second kappa shape index (κ2) is 6.43. The van der Waals surface area contributed by atoms with E-state index in [0.29, 0.717) is 30.5 Å². The van der Waals surface area contributed by atoms with E-state index < -0.39 is 0 Å². The molecule has 0 spiro atoms. The lowest BCUT2D eigenvalue weighted by atomic mass is 10.1. The minimum atomic E-state index is 0.572. The Morgan fingerprint density at radius 3 is 3.00 bits per heavy atom. The molecule has 0 aromatic carbocycles. The third-order valence-electron chi connectivity index (χ3n) is 3.58. The highest BCUT2D eigenvalue weighted by atomic mass is 16.3. The lowest BCUT2D eigenvalue weighted by molar-refractivity contribution is 0.338. The van der Waals surface area contributed by atoms with Gasteiger partial charge in [0.05, 0.1) is 6.26 Å². The minimum Gasteiger partial charge on any atom is -0.461 e. The minimum absolute atomic E-state index is 0.572. The molecule has 21 heavy (non-hydrogen) atoms. The third kappa shape index (κ3) is 3.42. The number of hydrogen-bond donors (Lipinski definition) is 2. The molecule has 7 heteroatoms. The summed E-state index contributed by atoms with van der Waals surface area (Å²) < 4.78 is 5.26. The molecule has 3 rings (SSSR count). The quantitative estimate of drug-likeness (QED) is 0.655. The molecule has 1 fully saturated rings. The van der Waals surface area contributed by atoms with Crippen molar-refractivity contribution in [2.45, 2.75) is 25.7 Å². The van der Waals surface area contributed by atoms with E-state index in [1.807, 2.05) is 12.1 Å². The molecule has 112 valence electrons. The highest BCUT2D eigenvalue weighted by Gasteiger charge is 2.12. The second-order valence-electron chi connectivity index (χ2n) is 5.12. The van der Waals surface area contributed by atoms with Crippen LogP contribution in [-0.4, -0.2) is 45.7 Å². The van der Waals surface area contributed by atoms with Crippen LogP contribution >= 0.6 is 0 Å². The first kappa shape index (κ1) is 13.7. The van der Waals surface area contributed by atoms with E-state index in [-0.39, 0.29) is 0 Å². The fourth-order valence-corrected chi connectivity index (χ4v) is 2.42. The van der Waals surface area contributed by atoms with Crippen LogP contribution in [0.3, 0.4) is 0 Å². The molecule has 0 radical (unpaired) electrons. The maximum absolute atomic E-state index is 6.01. The summed E-state index contributed by atoms with van der Waals surface area (Å²) in [5.74, 6) is 2.66. The molecule has 1 aliphatic rings. The fourth-order valence-electron chi connectivity index (χ4n) is 2.42. The number of guanidine groups is 1. The van der Waals surface area contributed by atoms with Gasteiger partial charge in [0.2, 0.25) is 5.82 Å². The molecule has 0 unspecified atom stereocenters. The van der Waals surface area contributed by atoms with Crippen LogP contribution < -0.4 is 5.73 Å². The Kier molecular flexibility index (Phi) is 4.18. The number of nitrogens with zero attached hydrogens (tertiary/aromatic N) is 4. The maximum Gasteiger partial charge on any atom is 0.216 e. The van der Waals surface area contributed by atoms with Crippen molar-refractivity contribution in [2.24, 2.45) is 10.7 Å². The van der Waals surface area contributed by atoms with Crippen molar-refractivity contribution in [2.75, 3.05) is 19.6 Å². The summed E-state index contributed by atoms with van der Waals surface area (Å²) in [6.45, 7) is 2.63. The topological polar surface area (TPSA) is 96.3 Å². The molecule has 0 amide bonds. The van der Waals surface area contributed by atoms with Crippen LogP contribution in [0.5, 0.6) is 0 Å². The van der Waals surface area contributed by atoms with E-state index >= 15 is 0 Å². The number of aromatic nitrogens is 3. The zero-order valence-electron chi connectivity index (χ0n) is 12.0. The van der Waals surface area contributed by atoms with Crippen LogP contribution in [0.15, 0.2) is 27.8 Å². The second-order valence-corrected chi connectivity index (χ2v) is 5.12. The molecular formula is C14H20N6O. The average molecular weight is 288 g/mol. The van der Waals surface area contributed by atoms with E-state index in [2.05, 4.69) is 25.1 Å². The Hall–Kier alpha value is -2.31. The number of nitrogens with two attached hydrogens (primary N) is 1. The molecular weight excluding hydrogens is 268 g/mol. The molecule has 3 N–H and O–H groups in total. The van der Waals surface area contributed by atoms with Gasteiger partial charge in [-0.05, 0) is 31.4 Å². The normalized spacial score (nSPS) is 16.4. The molecule has 0 bridgehead atoms. The highest BCUT2D eigenvalue weighted by Crippen LogP contribution is 2.14. The van der Waals surface area contributed by atoms with Gasteiger partial charge < -0.3 is 15.1 Å². The molecule has 0 aliphatic carbocycles. The van der Waals surface area contributed by atoms with Crippen molar-refractivity contribution in [3.05, 3.63) is 24.2 Å². The molecule has 2 aromatic heterocycles. The van der Waals surface area contributed by atoms with Gasteiger partial charge in [0, 0.05) is 26.1 Å². The standard InChI is InChI=1S/C14H20N6O/c15-14(20-8-2-1-3-9-20)16-7-6-12-17-13(19-18-12)11-5-4-10-21-11/h4-5,10H,1-3,6-9H2,(H2,15,16)(H,17,18,19). The number of likely N-dealkylation sites (tertiary alicyclic amines) is 1. The smallest absolute Gasteiger partial charge is 0.216 e. The summed E-state index contributed by atoms with van der Waals surface area (Å²) in [5.41, 5.74) is 6.01. The zero-order valence-corrected chi connectivity index (χ0v) is 12.0. The van der Waals surface area contributed by atoms with Gasteiger partial charge in [-0.1, -0.05) is 0 Å². The van der Waals surface area contributed by atoms with E-state index in [1.54, 1.807) is 6.26 Å². The number of aliphatic imine (C=N–C) groups is 1. The first-order chi connectivity index (χ1) is 10.3. The Morgan fingerprint density at radius 1 is 1.38 bits per heavy atom. The maximum atomic E-state index is 6.01. The van der Waals surface area contributed by atoms with Crippen LogP contribution in [-0.2, 0) is 6.42 Å². The van der Waals surface area contributed by atoms with Crippen molar-refractivity contribution in [1.29, 1.82) is 0 Å². The van der Waals surface area contributed by atoms with E-state index in [4.69, 9.17) is 10.2 Å². The number of aromatic amines is 1. The summed E-state index contributed by atoms with van der Waals surface area (Å²) in [4.78, 5) is 11.0. The molecule has 7 nitrogen and oxygen atoms in total. The zero-order chi connectivity index (χ0) is 14.5. The molecule has 2 aromatic rings. The van der Waals surface area contributed by atoms with Crippen molar-refractivity contribution in [3.63, 3.8) is 0 Å². The van der Waals surface area contributed by atoms with Crippen LogP contribution in [0, 0.1) is 0 Å². The monoisotopic (exact) mass is 288 g/mol. The lowest BCUT2D eigenvalue weighted by Crippen LogP contribution is -2.41. The van der Waals surface area contributed by atoms with Crippen molar-refractivity contribution < 1.29 is 4.42 Å². The van der Waals surface area contributed by atoms with Gasteiger partial charge in [-0.15, -0.1) is 0 Å². The Morgan fingerprint density at radius 2 is 2.24 bits per heavy atom. The fraction of sp³-hybridized carbons (Fsp3) is 0.500. The van der Waals surface area contributed by atoms with Crippen molar-refractivity contribution >= 4 is 5.96 Å². The van der Waals surface area contributed by atoms with Crippen molar-refractivity contribution in [1.82, 2.24) is 20.1 Å². The molecule has 1 saturated heterocycles. The average Bonchev–Trinajstić information content (AvgIpc) is 3.19. The van der Waals surface area contributed by atoms with Gasteiger partial charge >= 0.3 is 0 Å². The van der Waals surface area contributed by atoms with Gasteiger partial charge in [0.1, 0.15) is 5.82 Å². The summed E-state index contributed by atoms with van der Waals surface area (Å²) in [5, 5.41) is 7.03. The summed E-state index contributed by atoms with van der Waals surface area (Å²) in [6, 6.07) is 3.65. The van der Waals surface area contributed by atoms with Crippen LogP contribution in [0.4, 0.5) is 0 Å². The number of piperidine rings is 1. The van der Waals surface area contributed by atoms with Crippen molar-refractivity contribution in [3.8, 4) is 11.6 Å². The number of nitrogens with one attached hydrogen (secondary N) is 1. The first-order valence-electron chi connectivity index (χ1n) is 7.33. The summed E-state index contributed by atoms with van der Waals surface area (Å²) in [6.07, 6.45) is 5.98. The Labute approximate surface area is 123 Å². The van der Waals surface area contributed by atoms with Crippen LogP contribution in [0.2, 0.25) is 0 Å².